The Kier molecular flexibility index (Phi) is 5.27. The lowest BCUT2D eigenvalue weighted by Gasteiger charge is -2.34. The van der Waals surface area contributed by atoms with E-state index < -0.39 is 0 Å². The van der Waals surface area contributed by atoms with Crippen molar-refractivity contribution in [1.29, 1.82) is 0 Å². The van der Waals surface area contributed by atoms with Crippen molar-refractivity contribution in [2.45, 2.75) is 45.7 Å². The molecule has 0 aromatic carbocycles. The van der Waals surface area contributed by atoms with Crippen molar-refractivity contribution < 1.29 is 4.79 Å². The summed E-state index contributed by atoms with van der Waals surface area (Å²) in [6.07, 6.45) is 4.08. The number of nitrogens with one attached hydrogen (secondary N) is 1. The Bertz CT molecular complexity index is 464. The molecule has 112 valence electrons. The van der Waals surface area contributed by atoms with Gasteiger partial charge in [-0.1, -0.05) is 0 Å². The predicted molar refractivity (Wildman–Crippen MR) is 85.1 cm³/mol. The van der Waals surface area contributed by atoms with Crippen LogP contribution in [-0.4, -0.2) is 41.1 Å². The normalized spacial score (nSPS) is 16.6. The fourth-order valence-corrected chi connectivity index (χ4v) is 3.31. The van der Waals surface area contributed by atoms with Crippen LogP contribution in [0.5, 0.6) is 0 Å². The zero-order valence-corrected chi connectivity index (χ0v) is 14.1. The van der Waals surface area contributed by atoms with Gasteiger partial charge in [0.1, 0.15) is 5.69 Å². The van der Waals surface area contributed by atoms with Crippen LogP contribution < -0.4 is 5.32 Å². The molecule has 1 aromatic rings. The number of hydrogen-bond donors (Lipinski definition) is 1. The standard InChI is InChI=1S/C15H24BrN3O/c1-4-18(13-5-7-17-8-6-13)15(20)14-9-12(16)10-19(14)11(2)3/h9-11,13,17H,4-8H2,1-3H3. The molecule has 2 rings (SSSR count). The third-order valence-corrected chi connectivity index (χ3v) is 4.38. The number of nitrogens with zero attached hydrogens (tertiary/aromatic N) is 2. The van der Waals surface area contributed by atoms with Crippen molar-refractivity contribution in [2.24, 2.45) is 0 Å². The van der Waals surface area contributed by atoms with Gasteiger partial charge in [0.15, 0.2) is 0 Å². The van der Waals surface area contributed by atoms with E-state index in [0.717, 1.165) is 42.6 Å². The highest BCUT2D eigenvalue weighted by atomic mass is 79.9. The zero-order valence-electron chi connectivity index (χ0n) is 12.5. The number of hydrogen-bond acceptors (Lipinski definition) is 2. The van der Waals surface area contributed by atoms with Crippen LogP contribution >= 0.6 is 15.9 Å². The number of rotatable bonds is 4. The minimum atomic E-state index is 0.152. The molecule has 1 aromatic heterocycles. The van der Waals surface area contributed by atoms with E-state index in [1.54, 1.807) is 0 Å². The van der Waals surface area contributed by atoms with Crippen molar-refractivity contribution in [3.05, 3.63) is 22.4 Å². The first-order valence-corrected chi connectivity index (χ1v) is 8.23. The summed E-state index contributed by atoms with van der Waals surface area (Å²) in [5.41, 5.74) is 0.784. The van der Waals surface area contributed by atoms with E-state index in [-0.39, 0.29) is 11.9 Å². The maximum absolute atomic E-state index is 12.9. The molecular formula is C15H24BrN3O. The Morgan fingerprint density at radius 2 is 2.15 bits per heavy atom. The van der Waals surface area contributed by atoms with Crippen molar-refractivity contribution >= 4 is 21.8 Å². The van der Waals surface area contributed by atoms with E-state index in [2.05, 4.69) is 46.6 Å². The van der Waals surface area contributed by atoms with Crippen LogP contribution in [-0.2, 0) is 0 Å². The molecule has 0 aliphatic carbocycles. The van der Waals surface area contributed by atoms with Crippen molar-refractivity contribution in [3.63, 3.8) is 0 Å². The van der Waals surface area contributed by atoms with E-state index in [9.17, 15) is 4.79 Å². The highest BCUT2D eigenvalue weighted by Crippen LogP contribution is 2.23. The van der Waals surface area contributed by atoms with Crippen molar-refractivity contribution in [1.82, 2.24) is 14.8 Å². The second-order valence-electron chi connectivity index (χ2n) is 5.62. The molecule has 5 heteroatoms. The fourth-order valence-electron chi connectivity index (χ4n) is 2.88. The highest BCUT2D eigenvalue weighted by Gasteiger charge is 2.27. The minimum Gasteiger partial charge on any atom is -0.340 e. The molecule has 0 saturated carbocycles. The summed E-state index contributed by atoms with van der Waals surface area (Å²) in [5, 5.41) is 3.36. The SMILES string of the molecule is CCN(C(=O)c1cc(Br)cn1C(C)C)C1CCNCC1. The molecule has 1 N–H and O–H groups in total. The summed E-state index contributed by atoms with van der Waals surface area (Å²) in [7, 11) is 0. The van der Waals surface area contributed by atoms with E-state index >= 15 is 0 Å². The van der Waals surface area contributed by atoms with Gasteiger partial charge in [-0.05, 0) is 68.7 Å². The first-order valence-electron chi connectivity index (χ1n) is 7.43. The smallest absolute Gasteiger partial charge is 0.270 e. The van der Waals surface area contributed by atoms with Gasteiger partial charge in [0.05, 0.1) is 0 Å². The largest absolute Gasteiger partial charge is 0.340 e. The molecule has 0 spiro atoms. The summed E-state index contributed by atoms with van der Waals surface area (Å²) in [6.45, 7) is 9.04. The summed E-state index contributed by atoms with van der Waals surface area (Å²) in [6, 6.07) is 2.58. The summed E-state index contributed by atoms with van der Waals surface area (Å²) >= 11 is 3.49. The Balaban J connectivity index is 2.23. The Morgan fingerprint density at radius 1 is 1.50 bits per heavy atom. The zero-order chi connectivity index (χ0) is 14.7. The molecular weight excluding hydrogens is 318 g/mol. The molecule has 0 bridgehead atoms. The molecule has 20 heavy (non-hydrogen) atoms. The fraction of sp³-hybridized carbons (Fsp3) is 0.667. The van der Waals surface area contributed by atoms with Gasteiger partial charge in [-0.25, -0.2) is 0 Å². The number of carbonyl (C=O) groups is 1. The van der Waals surface area contributed by atoms with E-state index in [1.807, 2.05) is 17.2 Å². The van der Waals surface area contributed by atoms with Gasteiger partial charge in [-0.3, -0.25) is 4.79 Å². The van der Waals surface area contributed by atoms with Crippen LogP contribution in [0.3, 0.4) is 0 Å². The molecule has 0 atom stereocenters. The molecule has 4 nitrogen and oxygen atoms in total. The average Bonchev–Trinajstić information content (AvgIpc) is 2.83. The molecule has 1 aliphatic heterocycles. The van der Waals surface area contributed by atoms with E-state index in [1.165, 1.54) is 0 Å². The maximum atomic E-state index is 12.9. The molecule has 1 amide bonds. The van der Waals surface area contributed by atoms with Gasteiger partial charge in [0, 0.05) is 29.3 Å². The molecule has 1 fully saturated rings. The van der Waals surface area contributed by atoms with E-state index in [4.69, 9.17) is 0 Å². The summed E-state index contributed by atoms with van der Waals surface area (Å²) in [4.78, 5) is 14.9. The monoisotopic (exact) mass is 341 g/mol. The topological polar surface area (TPSA) is 37.3 Å². The quantitative estimate of drug-likeness (QED) is 0.913. The maximum Gasteiger partial charge on any atom is 0.270 e. The number of carbonyl (C=O) groups excluding carboxylic acids is 1. The number of aromatic nitrogens is 1. The lowest BCUT2D eigenvalue weighted by Crippen LogP contribution is -2.46. The second-order valence-corrected chi connectivity index (χ2v) is 6.53. The first kappa shape index (κ1) is 15.6. The Hall–Kier alpha value is -0.810. The predicted octanol–water partition coefficient (Wildman–Crippen LogP) is 3.05. The molecule has 1 saturated heterocycles. The van der Waals surface area contributed by atoms with Crippen LogP contribution in [0.15, 0.2) is 16.7 Å². The van der Waals surface area contributed by atoms with Gasteiger partial charge < -0.3 is 14.8 Å². The lowest BCUT2D eigenvalue weighted by molar-refractivity contribution is 0.0643. The molecule has 1 aliphatic rings. The third kappa shape index (κ3) is 3.26. The van der Waals surface area contributed by atoms with E-state index in [0.29, 0.717) is 6.04 Å². The van der Waals surface area contributed by atoms with Crippen molar-refractivity contribution in [2.75, 3.05) is 19.6 Å². The third-order valence-electron chi connectivity index (χ3n) is 3.94. The van der Waals surface area contributed by atoms with Gasteiger partial charge >= 0.3 is 0 Å². The van der Waals surface area contributed by atoms with Gasteiger partial charge in [-0.2, -0.15) is 0 Å². The molecule has 0 radical (unpaired) electrons. The Morgan fingerprint density at radius 3 is 2.70 bits per heavy atom. The Labute approximate surface area is 129 Å². The molecule has 0 unspecified atom stereocenters. The summed E-state index contributed by atoms with van der Waals surface area (Å²) < 4.78 is 3.02. The first-order chi connectivity index (χ1) is 9.54. The van der Waals surface area contributed by atoms with Crippen LogP contribution in [0.2, 0.25) is 0 Å². The minimum absolute atomic E-state index is 0.152. The van der Waals surface area contributed by atoms with Crippen LogP contribution in [0.4, 0.5) is 0 Å². The number of piperidine rings is 1. The lowest BCUT2D eigenvalue weighted by atomic mass is 10.0. The van der Waals surface area contributed by atoms with Crippen LogP contribution in [0.25, 0.3) is 0 Å². The van der Waals surface area contributed by atoms with Gasteiger partial charge in [0.2, 0.25) is 0 Å². The average molecular weight is 342 g/mol. The van der Waals surface area contributed by atoms with Gasteiger partial charge in [0.25, 0.3) is 5.91 Å². The van der Waals surface area contributed by atoms with Crippen LogP contribution in [0.1, 0.15) is 50.1 Å². The van der Waals surface area contributed by atoms with Gasteiger partial charge in [-0.15, -0.1) is 0 Å². The van der Waals surface area contributed by atoms with Crippen molar-refractivity contribution in [3.8, 4) is 0 Å². The second kappa shape index (κ2) is 6.76. The number of halogens is 1. The highest BCUT2D eigenvalue weighted by molar-refractivity contribution is 9.10. The number of amides is 1. The molecule has 2 heterocycles. The van der Waals surface area contributed by atoms with Crippen LogP contribution in [0, 0.1) is 0 Å². The summed E-state index contributed by atoms with van der Waals surface area (Å²) in [5.74, 6) is 0.152.